The molecule has 2 heterocycles. The Morgan fingerprint density at radius 1 is 1.63 bits per heavy atom. The van der Waals surface area contributed by atoms with E-state index in [9.17, 15) is 4.79 Å². The summed E-state index contributed by atoms with van der Waals surface area (Å²) in [7, 11) is 2.92. The molecule has 5 nitrogen and oxygen atoms in total. The predicted octanol–water partition coefficient (Wildman–Crippen LogP) is 3.83. The van der Waals surface area contributed by atoms with Gasteiger partial charge in [-0.15, -0.1) is 0 Å². The number of rotatable bonds is 4. The first kappa shape index (κ1) is 14.9. The Hall–Kier alpha value is -0.480. The topological polar surface area (TPSA) is 53.4 Å². The van der Waals surface area contributed by atoms with Gasteiger partial charge in [0.2, 0.25) is 5.88 Å². The van der Waals surface area contributed by atoms with Crippen LogP contribution in [0.4, 0.5) is 0 Å². The van der Waals surface area contributed by atoms with Gasteiger partial charge in [-0.1, -0.05) is 0 Å². The fourth-order valence-corrected chi connectivity index (χ4v) is 3.77. The van der Waals surface area contributed by atoms with Crippen molar-refractivity contribution in [1.82, 2.24) is 8.96 Å². The number of pyridine rings is 1. The fourth-order valence-electron chi connectivity index (χ4n) is 1.69. The van der Waals surface area contributed by atoms with Gasteiger partial charge in [-0.05, 0) is 28.9 Å². The number of hydrogen-bond donors (Lipinski definition) is 0. The molecule has 0 atom stereocenters. The molecule has 0 aliphatic carbocycles. The van der Waals surface area contributed by atoms with Crippen LogP contribution >= 0.6 is 46.3 Å². The monoisotopic (exact) mass is 456 g/mol. The zero-order chi connectivity index (χ0) is 14.0. The smallest absolute Gasteiger partial charge is 0.355 e. The molecule has 2 aromatic rings. The van der Waals surface area contributed by atoms with E-state index < -0.39 is 0 Å². The standard InChI is InChI=1S/C11H10BrIN2O3S/c1-3-18-11(16)8-4-6-7(12)5-14-10(17-2)9(6)15(8)19-13/h4-5H,3H2,1-2H3. The van der Waals surface area contributed by atoms with Crippen LogP contribution in [-0.4, -0.2) is 28.6 Å². The number of nitrogens with zero attached hydrogens (tertiary/aromatic N) is 2. The molecule has 2 aromatic heterocycles. The van der Waals surface area contributed by atoms with Gasteiger partial charge < -0.3 is 9.47 Å². The maximum Gasteiger partial charge on any atom is 0.355 e. The molecule has 0 N–H and O–H groups in total. The third-order valence-corrected chi connectivity index (χ3v) is 4.79. The molecular formula is C11H10BrIN2O3S. The van der Waals surface area contributed by atoms with Crippen molar-refractivity contribution < 1.29 is 14.3 Å². The molecule has 0 radical (unpaired) electrons. The summed E-state index contributed by atoms with van der Waals surface area (Å²) < 4.78 is 12.9. The Labute approximate surface area is 134 Å². The number of methoxy groups -OCH3 is 1. The molecule has 0 unspecified atom stereocenters. The summed E-state index contributed by atoms with van der Waals surface area (Å²) in [5.74, 6) is 0.106. The molecule has 0 amide bonds. The van der Waals surface area contributed by atoms with Crippen molar-refractivity contribution in [3.8, 4) is 5.88 Å². The highest BCUT2D eigenvalue weighted by Crippen LogP contribution is 2.37. The molecule has 0 bridgehead atoms. The van der Waals surface area contributed by atoms with Crippen molar-refractivity contribution in [2.45, 2.75) is 6.92 Å². The minimum absolute atomic E-state index is 0.336. The lowest BCUT2D eigenvalue weighted by Crippen LogP contribution is -2.08. The van der Waals surface area contributed by atoms with E-state index in [2.05, 4.69) is 42.1 Å². The summed E-state index contributed by atoms with van der Waals surface area (Å²) in [6, 6.07) is 1.77. The Balaban J connectivity index is 2.73. The van der Waals surface area contributed by atoms with Crippen LogP contribution in [0.3, 0.4) is 0 Å². The van der Waals surface area contributed by atoms with E-state index >= 15 is 0 Å². The molecule has 0 saturated carbocycles. The average Bonchev–Trinajstić information content (AvgIpc) is 2.80. The van der Waals surface area contributed by atoms with Crippen LogP contribution in [0, 0.1) is 0 Å². The molecule has 2 rings (SSSR count). The first-order chi connectivity index (χ1) is 9.13. The van der Waals surface area contributed by atoms with Crippen LogP contribution in [0.1, 0.15) is 17.4 Å². The van der Waals surface area contributed by atoms with Crippen molar-refractivity contribution in [2.24, 2.45) is 0 Å². The van der Waals surface area contributed by atoms with E-state index in [4.69, 9.17) is 9.47 Å². The van der Waals surface area contributed by atoms with Gasteiger partial charge in [-0.25, -0.2) is 9.78 Å². The van der Waals surface area contributed by atoms with E-state index in [1.54, 1.807) is 30.3 Å². The van der Waals surface area contributed by atoms with E-state index in [-0.39, 0.29) is 5.97 Å². The first-order valence-electron chi connectivity index (χ1n) is 5.34. The zero-order valence-electron chi connectivity index (χ0n) is 10.1. The van der Waals surface area contributed by atoms with Gasteiger partial charge in [-0.3, -0.25) is 3.97 Å². The minimum atomic E-state index is -0.364. The maximum absolute atomic E-state index is 12.0. The third kappa shape index (κ3) is 2.70. The highest BCUT2D eigenvalue weighted by molar-refractivity contribution is 14.2. The molecule has 0 saturated heterocycles. The lowest BCUT2D eigenvalue weighted by atomic mass is 10.3. The van der Waals surface area contributed by atoms with Gasteiger partial charge in [0.15, 0.2) is 0 Å². The third-order valence-electron chi connectivity index (χ3n) is 2.46. The van der Waals surface area contributed by atoms with Gasteiger partial charge in [0.25, 0.3) is 0 Å². The normalized spacial score (nSPS) is 10.7. The Morgan fingerprint density at radius 3 is 2.95 bits per heavy atom. The van der Waals surface area contributed by atoms with Crippen LogP contribution < -0.4 is 4.74 Å². The first-order valence-corrected chi connectivity index (χ1v) is 9.45. The summed E-state index contributed by atoms with van der Waals surface area (Å²) >= 11 is 5.53. The van der Waals surface area contributed by atoms with E-state index in [0.717, 1.165) is 15.4 Å². The molecule has 8 heteroatoms. The Morgan fingerprint density at radius 2 is 2.37 bits per heavy atom. The maximum atomic E-state index is 12.0. The quantitative estimate of drug-likeness (QED) is 0.517. The number of fused-ring (bicyclic) bond motifs is 1. The number of carbonyl (C=O) groups excluding carboxylic acids is 1. The van der Waals surface area contributed by atoms with Gasteiger partial charge in [0.1, 0.15) is 11.2 Å². The van der Waals surface area contributed by atoms with Crippen LogP contribution in [0.2, 0.25) is 0 Å². The number of halogens is 2. The van der Waals surface area contributed by atoms with Crippen LogP contribution in [-0.2, 0) is 4.74 Å². The summed E-state index contributed by atoms with van der Waals surface area (Å²) in [6.45, 7) is 2.11. The molecule has 102 valence electrons. The highest BCUT2D eigenvalue weighted by atomic mass is 127. The molecule has 0 aromatic carbocycles. The van der Waals surface area contributed by atoms with Crippen LogP contribution in [0.15, 0.2) is 16.7 Å². The fraction of sp³-hybridized carbons (Fsp3) is 0.273. The highest BCUT2D eigenvalue weighted by Gasteiger charge is 2.21. The summed E-state index contributed by atoms with van der Waals surface area (Å²) in [5, 5.41) is 0.860. The lowest BCUT2D eigenvalue weighted by molar-refractivity contribution is 0.0519. The molecule has 19 heavy (non-hydrogen) atoms. The molecule has 0 spiro atoms. The van der Waals surface area contributed by atoms with Gasteiger partial charge >= 0.3 is 5.97 Å². The number of aromatic nitrogens is 2. The number of carbonyl (C=O) groups is 1. The molecule has 0 fully saturated rings. The summed E-state index contributed by atoms with van der Waals surface area (Å²) in [6.07, 6.45) is 1.65. The Bertz CT molecular complexity index is 632. The van der Waals surface area contributed by atoms with E-state index in [0.29, 0.717) is 18.2 Å². The van der Waals surface area contributed by atoms with Crippen molar-refractivity contribution in [1.29, 1.82) is 0 Å². The van der Waals surface area contributed by atoms with Crippen molar-refractivity contribution >= 4 is 63.1 Å². The van der Waals surface area contributed by atoms with E-state index in [1.807, 2.05) is 0 Å². The zero-order valence-corrected chi connectivity index (χ0v) is 14.7. The predicted molar refractivity (Wildman–Crippen MR) is 87.0 cm³/mol. The SMILES string of the molecule is CCOC(=O)c1cc2c(Br)cnc(OC)c2n1SI. The Kier molecular flexibility index (Phi) is 4.96. The molecular weight excluding hydrogens is 447 g/mol. The second-order valence-corrected chi connectivity index (χ2v) is 6.03. The second kappa shape index (κ2) is 6.31. The summed E-state index contributed by atoms with van der Waals surface area (Å²) in [4.78, 5) is 16.2. The van der Waals surface area contributed by atoms with Crippen LogP contribution in [0.25, 0.3) is 10.9 Å². The number of hydrogen-bond acceptors (Lipinski definition) is 5. The molecule has 0 aliphatic heterocycles. The largest absolute Gasteiger partial charge is 0.479 e. The van der Waals surface area contributed by atoms with Gasteiger partial charge in [0, 0.05) is 46.4 Å². The molecule has 0 aliphatic rings. The summed E-state index contributed by atoms with van der Waals surface area (Å²) in [5.41, 5.74) is 1.21. The van der Waals surface area contributed by atoms with Crippen molar-refractivity contribution in [3.63, 3.8) is 0 Å². The van der Waals surface area contributed by atoms with Gasteiger partial charge in [0.05, 0.1) is 13.7 Å². The average molecular weight is 457 g/mol. The van der Waals surface area contributed by atoms with Crippen molar-refractivity contribution in [3.05, 3.63) is 22.4 Å². The van der Waals surface area contributed by atoms with Gasteiger partial charge in [-0.2, -0.15) is 0 Å². The second-order valence-electron chi connectivity index (χ2n) is 3.49. The minimum Gasteiger partial charge on any atom is -0.479 e. The van der Waals surface area contributed by atoms with Crippen molar-refractivity contribution in [2.75, 3.05) is 13.7 Å². The number of ether oxygens (including phenoxy) is 2. The lowest BCUT2D eigenvalue weighted by Gasteiger charge is -2.07. The van der Waals surface area contributed by atoms with E-state index in [1.165, 1.54) is 9.12 Å². The van der Waals surface area contributed by atoms with Crippen LogP contribution in [0.5, 0.6) is 5.88 Å². The number of esters is 1.